The second-order valence-electron chi connectivity index (χ2n) is 6.84. The highest BCUT2D eigenvalue weighted by atomic mass is 16.2. The highest BCUT2D eigenvalue weighted by Gasteiger charge is 2.33. The van der Waals surface area contributed by atoms with Gasteiger partial charge in [-0.2, -0.15) is 0 Å². The van der Waals surface area contributed by atoms with Gasteiger partial charge in [-0.3, -0.25) is 14.7 Å². The topological polar surface area (TPSA) is 75.2 Å². The van der Waals surface area contributed by atoms with E-state index in [4.69, 9.17) is 0 Å². The molecule has 2 aliphatic rings. The summed E-state index contributed by atoms with van der Waals surface area (Å²) in [4.78, 5) is 35.2. The van der Waals surface area contributed by atoms with Crippen LogP contribution in [0.2, 0.25) is 0 Å². The van der Waals surface area contributed by atoms with Gasteiger partial charge in [-0.25, -0.2) is 9.78 Å². The molecule has 6 nitrogen and oxygen atoms in total. The van der Waals surface area contributed by atoms with Crippen molar-refractivity contribution in [2.45, 2.75) is 76.3 Å². The van der Waals surface area contributed by atoms with Crippen LogP contribution in [0.5, 0.6) is 0 Å². The molecular formula is C18H26N4O2. The highest BCUT2D eigenvalue weighted by Crippen LogP contribution is 2.25. The van der Waals surface area contributed by atoms with Crippen LogP contribution in [0.25, 0.3) is 0 Å². The number of aromatic nitrogens is 2. The van der Waals surface area contributed by atoms with Crippen molar-refractivity contribution < 1.29 is 9.59 Å². The van der Waals surface area contributed by atoms with Gasteiger partial charge in [0.15, 0.2) is 0 Å². The van der Waals surface area contributed by atoms with Gasteiger partial charge in [-0.05, 0) is 25.7 Å². The molecule has 1 heterocycles. The maximum atomic E-state index is 12.9. The molecule has 0 spiro atoms. The first kappa shape index (κ1) is 16.9. The molecule has 0 atom stereocenters. The van der Waals surface area contributed by atoms with E-state index in [0.29, 0.717) is 0 Å². The Morgan fingerprint density at radius 1 is 0.958 bits per heavy atom. The molecule has 1 aromatic rings. The third kappa shape index (κ3) is 4.10. The van der Waals surface area contributed by atoms with Crippen LogP contribution in [-0.2, 0) is 0 Å². The van der Waals surface area contributed by atoms with Gasteiger partial charge in [0, 0.05) is 24.5 Å². The first-order chi connectivity index (χ1) is 11.8. The number of nitrogens with zero attached hydrogens (tertiary/aromatic N) is 3. The van der Waals surface area contributed by atoms with E-state index >= 15 is 0 Å². The summed E-state index contributed by atoms with van der Waals surface area (Å²) in [6.45, 7) is 0. The summed E-state index contributed by atoms with van der Waals surface area (Å²) in [5.41, 5.74) is 0.238. The summed E-state index contributed by atoms with van der Waals surface area (Å²) in [6, 6.07) is -0.103. The minimum absolute atomic E-state index is 0.0307. The van der Waals surface area contributed by atoms with Crippen LogP contribution in [0, 0.1) is 0 Å². The molecule has 0 radical (unpaired) electrons. The quantitative estimate of drug-likeness (QED) is 0.922. The second-order valence-corrected chi connectivity index (χ2v) is 6.84. The molecule has 0 aromatic carbocycles. The molecule has 0 unspecified atom stereocenters. The van der Waals surface area contributed by atoms with Crippen molar-refractivity contribution in [3.05, 3.63) is 24.3 Å². The largest absolute Gasteiger partial charge is 0.335 e. The van der Waals surface area contributed by atoms with Crippen molar-refractivity contribution in [2.24, 2.45) is 0 Å². The smallest absolute Gasteiger partial charge is 0.324 e. The highest BCUT2D eigenvalue weighted by molar-refractivity contribution is 6.03. The van der Waals surface area contributed by atoms with Crippen LogP contribution < -0.4 is 5.32 Å². The third-order valence-electron chi connectivity index (χ3n) is 5.09. The number of imide groups is 1. The van der Waals surface area contributed by atoms with E-state index in [2.05, 4.69) is 15.3 Å². The Morgan fingerprint density at radius 2 is 1.62 bits per heavy atom. The monoisotopic (exact) mass is 330 g/mol. The van der Waals surface area contributed by atoms with E-state index in [1.165, 1.54) is 36.3 Å². The summed E-state index contributed by atoms with van der Waals surface area (Å²) in [5, 5.41) is 3.08. The zero-order valence-corrected chi connectivity index (χ0v) is 14.1. The number of amides is 3. The summed E-state index contributed by atoms with van der Waals surface area (Å²) in [5.74, 6) is -0.330. The lowest BCUT2D eigenvalue weighted by molar-refractivity contribution is 0.0695. The molecule has 6 heteroatoms. The van der Waals surface area contributed by atoms with E-state index in [0.717, 1.165) is 51.4 Å². The molecule has 0 aliphatic heterocycles. The number of hydrogen-bond acceptors (Lipinski definition) is 4. The minimum atomic E-state index is -0.330. The zero-order valence-electron chi connectivity index (χ0n) is 14.1. The van der Waals surface area contributed by atoms with Gasteiger partial charge in [-0.1, -0.05) is 38.5 Å². The average Bonchev–Trinajstić information content (AvgIpc) is 2.64. The van der Waals surface area contributed by atoms with Gasteiger partial charge in [0.05, 0.1) is 6.20 Å². The predicted octanol–water partition coefficient (Wildman–Crippen LogP) is 3.29. The normalized spacial score (nSPS) is 19.7. The van der Waals surface area contributed by atoms with E-state index in [9.17, 15) is 9.59 Å². The van der Waals surface area contributed by atoms with Crippen molar-refractivity contribution in [2.75, 3.05) is 0 Å². The van der Waals surface area contributed by atoms with Crippen molar-refractivity contribution in [3.8, 4) is 0 Å². The van der Waals surface area contributed by atoms with Gasteiger partial charge in [0.25, 0.3) is 5.91 Å². The Kier molecular flexibility index (Phi) is 5.77. The fourth-order valence-electron chi connectivity index (χ4n) is 3.79. The number of carbonyl (C=O) groups is 2. The molecule has 3 rings (SSSR count). The predicted molar refractivity (Wildman–Crippen MR) is 90.5 cm³/mol. The third-order valence-corrected chi connectivity index (χ3v) is 5.09. The van der Waals surface area contributed by atoms with Crippen LogP contribution in [0.1, 0.15) is 74.7 Å². The van der Waals surface area contributed by atoms with Crippen molar-refractivity contribution >= 4 is 11.9 Å². The van der Waals surface area contributed by atoms with Gasteiger partial charge >= 0.3 is 6.03 Å². The van der Waals surface area contributed by atoms with Crippen LogP contribution in [0.4, 0.5) is 4.79 Å². The lowest BCUT2D eigenvalue weighted by atomic mass is 9.93. The summed E-state index contributed by atoms with van der Waals surface area (Å²) in [6.07, 6.45) is 15.0. The Labute approximate surface area is 143 Å². The first-order valence-corrected chi connectivity index (χ1v) is 9.16. The fraction of sp³-hybridized carbons (Fsp3) is 0.667. The lowest BCUT2D eigenvalue weighted by Gasteiger charge is -2.34. The molecule has 3 amide bonds. The molecule has 2 fully saturated rings. The number of nitrogens with one attached hydrogen (secondary N) is 1. The minimum Gasteiger partial charge on any atom is -0.335 e. The SMILES string of the molecule is O=C(NC1CCCCC1)N(C(=O)c1cnccn1)C1CCCCC1. The molecule has 0 saturated heterocycles. The maximum Gasteiger partial charge on any atom is 0.324 e. The van der Waals surface area contributed by atoms with Gasteiger partial charge in [0.1, 0.15) is 5.69 Å². The Morgan fingerprint density at radius 3 is 2.25 bits per heavy atom. The second kappa shape index (κ2) is 8.22. The number of hydrogen-bond donors (Lipinski definition) is 1. The average molecular weight is 330 g/mol. The zero-order chi connectivity index (χ0) is 16.8. The Bertz CT molecular complexity index is 551. The molecule has 2 aliphatic carbocycles. The van der Waals surface area contributed by atoms with E-state index in [1.54, 1.807) is 0 Å². The molecule has 2 saturated carbocycles. The van der Waals surface area contributed by atoms with Crippen LogP contribution in [0.15, 0.2) is 18.6 Å². The standard InChI is InChI=1S/C18H26N4O2/c23-17(16-13-19-11-12-20-16)22(15-9-5-2-6-10-15)18(24)21-14-7-3-1-4-8-14/h11-15H,1-10H2,(H,21,24). The van der Waals surface area contributed by atoms with Crippen molar-refractivity contribution in [1.82, 2.24) is 20.2 Å². The Balaban J connectivity index is 1.75. The van der Waals surface area contributed by atoms with Gasteiger partial charge in [-0.15, -0.1) is 0 Å². The van der Waals surface area contributed by atoms with E-state index in [1.807, 2.05) is 0 Å². The molecular weight excluding hydrogens is 304 g/mol. The fourth-order valence-corrected chi connectivity index (χ4v) is 3.79. The van der Waals surface area contributed by atoms with Crippen molar-refractivity contribution in [1.29, 1.82) is 0 Å². The van der Waals surface area contributed by atoms with Crippen molar-refractivity contribution in [3.63, 3.8) is 0 Å². The maximum absolute atomic E-state index is 12.9. The summed E-state index contributed by atoms with van der Waals surface area (Å²) in [7, 11) is 0. The lowest BCUT2D eigenvalue weighted by Crippen LogP contribution is -2.53. The molecule has 0 bridgehead atoms. The molecule has 1 aromatic heterocycles. The summed E-state index contributed by atoms with van der Waals surface area (Å²) < 4.78 is 0. The molecule has 1 N–H and O–H groups in total. The van der Waals surface area contributed by atoms with E-state index in [-0.39, 0.29) is 29.7 Å². The number of urea groups is 1. The van der Waals surface area contributed by atoms with Crippen LogP contribution >= 0.6 is 0 Å². The van der Waals surface area contributed by atoms with Gasteiger partial charge in [0.2, 0.25) is 0 Å². The van der Waals surface area contributed by atoms with Crippen LogP contribution in [0.3, 0.4) is 0 Å². The van der Waals surface area contributed by atoms with E-state index < -0.39 is 0 Å². The molecule has 130 valence electrons. The number of carbonyl (C=O) groups excluding carboxylic acids is 2. The first-order valence-electron chi connectivity index (χ1n) is 9.16. The number of rotatable bonds is 3. The molecule has 24 heavy (non-hydrogen) atoms. The Hall–Kier alpha value is -1.98. The van der Waals surface area contributed by atoms with Crippen LogP contribution in [-0.4, -0.2) is 38.9 Å². The van der Waals surface area contributed by atoms with Gasteiger partial charge < -0.3 is 5.32 Å². The summed E-state index contributed by atoms with van der Waals surface area (Å²) >= 11 is 0.